The fraction of sp³-hybridized carbons (Fsp3) is 0.667. The number of aliphatic hydroxyl groups is 1. The zero-order valence-electron chi connectivity index (χ0n) is 12.7. The third-order valence-corrected chi connectivity index (χ3v) is 3.87. The minimum absolute atomic E-state index is 0.0252. The van der Waals surface area contributed by atoms with Crippen LogP contribution in [0.25, 0.3) is 0 Å². The minimum atomic E-state index is -0.336. The summed E-state index contributed by atoms with van der Waals surface area (Å²) in [6.45, 7) is 9.07. The number of carbonyl (C=O) groups is 1. The third-order valence-electron chi connectivity index (χ3n) is 3.87. The summed E-state index contributed by atoms with van der Waals surface area (Å²) in [6.07, 6.45) is 2.50. The first-order valence-corrected chi connectivity index (χ1v) is 7.06. The van der Waals surface area contributed by atoms with E-state index >= 15 is 0 Å². The van der Waals surface area contributed by atoms with Gasteiger partial charge in [-0.2, -0.15) is 0 Å². The van der Waals surface area contributed by atoms with Crippen molar-refractivity contribution in [1.29, 1.82) is 0 Å². The molecule has 1 amide bonds. The largest absolute Gasteiger partial charge is 0.393 e. The van der Waals surface area contributed by atoms with E-state index in [2.05, 4.69) is 23.8 Å². The highest BCUT2D eigenvalue weighted by Gasteiger charge is 2.32. The van der Waals surface area contributed by atoms with Crippen LogP contribution >= 0.6 is 0 Å². The van der Waals surface area contributed by atoms with Crippen LogP contribution in [0.2, 0.25) is 0 Å². The van der Waals surface area contributed by atoms with Crippen LogP contribution < -0.4 is 0 Å². The number of carbonyl (C=O) groups excluding carboxylic acids is 1. The molecule has 1 aliphatic heterocycles. The SMILES string of the molecule is Cc1ncnc(C)c1C(=O)N1CC[C@@H](O)CC(C)(C)C1. The lowest BCUT2D eigenvalue weighted by Crippen LogP contribution is -2.38. The van der Waals surface area contributed by atoms with Gasteiger partial charge in [0, 0.05) is 13.1 Å². The van der Waals surface area contributed by atoms with Crippen LogP contribution in [0.5, 0.6) is 0 Å². The number of hydrogen-bond acceptors (Lipinski definition) is 4. The zero-order chi connectivity index (χ0) is 14.9. The first-order valence-electron chi connectivity index (χ1n) is 7.06. The topological polar surface area (TPSA) is 66.3 Å². The third kappa shape index (κ3) is 3.15. The second-order valence-electron chi connectivity index (χ2n) is 6.46. The van der Waals surface area contributed by atoms with E-state index in [9.17, 15) is 9.90 Å². The van der Waals surface area contributed by atoms with Gasteiger partial charge in [0.25, 0.3) is 5.91 Å². The molecule has 110 valence electrons. The molecule has 1 aromatic heterocycles. The van der Waals surface area contributed by atoms with Gasteiger partial charge < -0.3 is 10.0 Å². The second-order valence-corrected chi connectivity index (χ2v) is 6.46. The fourth-order valence-electron chi connectivity index (χ4n) is 2.94. The Hall–Kier alpha value is -1.49. The van der Waals surface area contributed by atoms with E-state index in [0.717, 1.165) is 6.42 Å². The predicted octanol–water partition coefficient (Wildman–Crippen LogP) is 1.72. The van der Waals surface area contributed by atoms with E-state index in [1.807, 2.05) is 18.7 Å². The molecule has 1 aromatic rings. The molecular formula is C15H23N3O2. The van der Waals surface area contributed by atoms with Crippen LogP contribution in [0.3, 0.4) is 0 Å². The van der Waals surface area contributed by atoms with Gasteiger partial charge in [0.15, 0.2) is 0 Å². The number of nitrogens with zero attached hydrogens (tertiary/aromatic N) is 3. The van der Waals surface area contributed by atoms with Gasteiger partial charge in [-0.25, -0.2) is 9.97 Å². The molecule has 5 heteroatoms. The second kappa shape index (κ2) is 5.48. The average molecular weight is 277 g/mol. The lowest BCUT2D eigenvalue weighted by molar-refractivity contribution is 0.0702. The first-order chi connectivity index (χ1) is 9.30. The standard InChI is InChI=1S/C15H23N3O2/c1-10-13(11(2)17-9-16-10)14(20)18-6-5-12(19)7-15(3,4)8-18/h9,12,19H,5-8H2,1-4H3/t12-/m1/s1. The number of amides is 1. The van der Waals surface area contributed by atoms with Crippen molar-refractivity contribution in [3.05, 3.63) is 23.3 Å². The van der Waals surface area contributed by atoms with Crippen molar-refractivity contribution in [2.45, 2.75) is 46.6 Å². The van der Waals surface area contributed by atoms with E-state index < -0.39 is 0 Å². The van der Waals surface area contributed by atoms with Gasteiger partial charge in [0.05, 0.1) is 23.1 Å². The van der Waals surface area contributed by atoms with Gasteiger partial charge in [-0.3, -0.25) is 4.79 Å². The maximum Gasteiger partial charge on any atom is 0.257 e. The van der Waals surface area contributed by atoms with Crippen molar-refractivity contribution in [2.75, 3.05) is 13.1 Å². The molecule has 2 rings (SSSR count). The summed E-state index contributed by atoms with van der Waals surface area (Å²) >= 11 is 0. The van der Waals surface area contributed by atoms with Gasteiger partial charge in [-0.05, 0) is 32.1 Å². The first kappa shape index (κ1) is 14.9. The number of rotatable bonds is 1. The van der Waals surface area contributed by atoms with E-state index in [-0.39, 0.29) is 17.4 Å². The summed E-state index contributed by atoms with van der Waals surface area (Å²) < 4.78 is 0. The monoisotopic (exact) mass is 277 g/mol. The molecule has 0 spiro atoms. The lowest BCUT2D eigenvalue weighted by Gasteiger charge is -2.30. The molecule has 1 N–H and O–H groups in total. The van der Waals surface area contributed by atoms with Crippen LogP contribution in [0.4, 0.5) is 0 Å². The molecular weight excluding hydrogens is 254 g/mol. The Morgan fingerprint density at radius 3 is 2.55 bits per heavy atom. The molecule has 1 fully saturated rings. The number of hydrogen-bond donors (Lipinski definition) is 1. The van der Waals surface area contributed by atoms with E-state index in [1.165, 1.54) is 6.33 Å². The fourth-order valence-corrected chi connectivity index (χ4v) is 2.94. The molecule has 5 nitrogen and oxygen atoms in total. The summed E-state index contributed by atoms with van der Waals surface area (Å²) in [5.74, 6) is -0.0252. The van der Waals surface area contributed by atoms with Crippen LogP contribution in [0.1, 0.15) is 48.4 Å². The molecule has 20 heavy (non-hydrogen) atoms. The van der Waals surface area contributed by atoms with Gasteiger partial charge in [-0.1, -0.05) is 13.8 Å². The normalized spacial score (nSPS) is 22.4. The Morgan fingerprint density at radius 2 is 1.95 bits per heavy atom. The van der Waals surface area contributed by atoms with E-state index in [0.29, 0.717) is 36.5 Å². The Labute approximate surface area is 120 Å². The van der Waals surface area contributed by atoms with Crippen molar-refractivity contribution >= 4 is 5.91 Å². The van der Waals surface area contributed by atoms with Gasteiger partial charge in [0.1, 0.15) is 6.33 Å². The highest BCUT2D eigenvalue weighted by molar-refractivity contribution is 5.96. The molecule has 0 radical (unpaired) electrons. The van der Waals surface area contributed by atoms with Crippen molar-refractivity contribution < 1.29 is 9.90 Å². The van der Waals surface area contributed by atoms with Crippen molar-refractivity contribution in [3.63, 3.8) is 0 Å². The van der Waals surface area contributed by atoms with Crippen LogP contribution in [0.15, 0.2) is 6.33 Å². The van der Waals surface area contributed by atoms with Crippen molar-refractivity contribution in [2.24, 2.45) is 5.41 Å². The van der Waals surface area contributed by atoms with Crippen LogP contribution in [-0.4, -0.2) is 45.1 Å². The van der Waals surface area contributed by atoms with E-state index in [1.54, 1.807) is 0 Å². The highest BCUT2D eigenvalue weighted by atomic mass is 16.3. The lowest BCUT2D eigenvalue weighted by atomic mass is 9.87. The van der Waals surface area contributed by atoms with E-state index in [4.69, 9.17) is 0 Å². The maximum atomic E-state index is 12.8. The molecule has 0 aliphatic carbocycles. The van der Waals surface area contributed by atoms with Crippen LogP contribution in [-0.2, 0) is 0 Å². The quantitative estimate of drug-likeness (QED) is 0.848. The molecule has 2 heterocycles. The number of aryl methyl sites for hydroxylation is 2. The molecule has 0 saturated carbocycles. The number of aromatic nitrogens is 2. The minimum Gasteiger partial charge on any atom is -0.393 e. The summed E-state index contributed by atoms with van der Waals surface area (Å²) in [7, 11) is 0. The van der Waals surface area contributed by atoms with Gasteiger partial charge >= 0.3 is 0 Å². The highest BCUT2D eigenvalue weighted by Crippen LogP contribution is 2.29. The molecule has 0 bridgehead atoms. The zero-order valence-corrected chi connectivity index (χ0v) is 12.7. The van der Waals surface area contributed by atoms with Crippen molar-refractivity contribution in [3.8, 4) is 0 Å². The Kier molecular flexibility index (Phi) is 4.09. The average Bonchev–Trinajstić information content (AvgIpc) is 2.46. The van der Waals surface area contributed by atoms with Gasteiger partial charge in [0.2, 0.25) is 0 Å². The number of likely N-dealkylation sites (tertiary alicyclic amines) is 1. The maximum absolute atomic E-state index is 12.8. The summed E-state index contributed by atoms with van der Waals surface area (Å²) in [5, 5.41) is 9.94. The Balaban J connectivity index is 2.28. The Morgan fingerprint density at radius 1 is 1.35 bits per heavy atom. The molecule has 1 aliphatic rings. The molecule has 1 atom stereocenters. The summed E-state index contributed by atoms with van der Waals surface area (Å²) in [4.78, 5) is 22.8. The predicted molar refractivity (Wildman–Crippen MR) is 76.4 cm³/mol. The van der Waals surface area contributed by atoms with Gasteiger partial charge in [-0.15, -0.1) is 0 Å². The molecule has 1 saturated heterocycles. The Bertz CT molecular complexity index is 494. The summed E-state index contributed by atoms with van der Waals surface area (Å²) in [6, 6.07) is 0. The van der Waals surface area contributed by atoms with Crippen LogP contribution in [0, 0.1) is 19.3 Å². The van der Waals surface area contributed by atoms with Crippen molar-refractivity contribution in [1.82, 2.24) is 14.9 Å². The smallest absolute Gasteiger partial charge is 0.257 e. The summed E-state index contributed by atoms with van der Waals surface area (Å²) in [5.41, 5.74) is 1.94. The molecule has 0 unspecified atom stereocenters. The number of aliphatic hydroxyl groups excluding tert-OH is 1. The molecule has 0 aromatic carbocycles.